The van der Waals surface area contributed by atoms with E-state index < -0.39 is 0 Å². The molecule has 29 heavy (non-hydrogen) atoms. The number of furan rings is 1. The summed E-state index contributed by atoms with van der Waals surface area (Å²) in [5.41, 5.74) is 0. The molecule has 2 heterocycles. The SMILES string of the molecule is CCNC(=NCCOc1cccc(OC)c1)N1CCN(C(=O)c2ccco2)CC1. The standard InChI is InChI=1S/C21H28N4O4/c1-3-22-21(23-9-15-28-18-7-4-6-17(16-18)27-2)25-12-10-24(11-13-25)20(26)19-8-5-14-29-19/h4-8,14,16H,3,9-13,15H2,1-2H3,(H,22,23). The number of carbonyl (C=O) groups is 1. The Balaban J connectivity index is 1.49. The van der Waals surface area contributed by atoms with Crippen LogP contribution in [0.2, 0.25) is 0 Å². The van der Waals surface area contributed by atoms with Crippen LogP contribution in [0.1, 0.15) is 17.5 Å². The Morgan fingerprint density at radius 2 is 1.90 bits per heavy atom. The Morgan fingerprint density at radius 3 is 2.59 bits per heavy atom. The van der Waals surface area contributed by atoms with E-state index >= 15 is 0 Å². The summed E-state index contributed by atoms with van der Waals surface area (Å²) < 4.78 is 16.2. The zero-order chi connectivity index (χ0) is 20.5. The molecule has 2 aromatic rings. The van der Waals surface area contributed by atoms with Crippen LogP contribution in [-0.2, 0) is 0 Å². The van der Waals surface area contributed by atoms with Crippen LogP contribution in [0.3, 0.4) is 0 Å². The summed E-state index contributed by atoms with van der Waals surface area (Å²) in [6.07, 6.45) is 1.52. The van der Waals surface area contributed by atoms with Gasteiger partial charge < -0.3 is 29.0 Å². The first-order valence-corrected chi connectivity index (χ1v) is 9.84. The highest BCUT2D eigenvalue weighted by atomic mass is 16.5. The molecule has 3 rings (SSSR count). The summed E-state index contributed by atoms with van der Waals surface area (Å²) in [6, 6.07) is 10.9. The molecule has 1 fully saturated rings. The minimum atomic E-state index is -0.0664. The minimum absolute atomic E-state index is 0.0664. The molecular weight excluding hydrogens is 372 g/mol. The van der Waals surface area contributed by atoms with E-state index in [0.29, 0.717) is 32.0 Å². The van der Waals surface area contributed by atoms with Gasteiger partial charge in [-0.1, -0.05) is 6.07 Å². The van der Waals surface area contributed by atoms with Gasteiger partial charge in [-0.3, -0.25) is 4.79 Å². The first-order valence-electron chi connectivity index (χ1n) is 9.84. The van der Waals surface area contributed by atoms with Gasteiger partial charge in [0, 0.05) is 38.8 Å². The monoisotopic (exact) mass is 400 g/mol. The molecule has 1 aromatic carbocycles. The molecule has 1 saturated heterocycles. The molecule has 0 saturated carbocycles. The van der Waals surface area contributed by atoms with E-state index in [2.05, 4.69) is 15.2 Å². The van der Waals surface area contributed by atoms with Gasteiger partial charge in [0.2, 0.25) is 0 Å². The molecular formula is C21H28N4O4. The van der Waals surface area contributed by atoms with Gasteiger partial charge in [0.15, 0.2) is 11.7 Å². The Bertz CT molecular complexity index is 799. The van der Waals surface area contributed by atoms with Crippen molar-refractivity contribution in [2.24, 2.45) is 4.99 Å². The Kier molecular flexibility index (Phi) is 7.38. The summed E-state index contributed by atoms with van der Waals surface area (Å²) in [5, 5.41) is 3.32. The highest BCUT2D eigenvalue weighted by molar-refractivity contribution is 5.91. The molecule has 0 aliphatic carbocycles. The molecule has 0 unspecified atom stereocenters. The van der Waals surface area contributed by atoms with Gasteiger partial charge in [0.05, 0.1) is 19.9 Å². The third kappa shape index (κ3) is 5.66. The number of nitrogens with one attached hydrogen (secondary N) is 1. The molecule has 156 valence electrons. The number of aliphatic imine (C=N–C) groups is 1. The van der Waals surface area contributed by atoms with E-state index in [1.807, 2.05) is 36.1 Å². The number of nitrogens with zero attached hydrogens (tertiary/aromatic N) is 3. The van der Waals surface area contributed by atoms with Crippen molar-refractivity contribution in [3.05, 3.63) is 48.4 Å². The van der Waals surface area contributed by atoms with Crippen LogP contribution < -0.4 is 14.8 Å². The quantitative estimate of drug-likeness (QED) is 0.436. The van der Waals surface area contributed by atoms with Gasteiger partial charge in [-0.25, -0.2) is 4.99 Å². The second-order valence-electron chi connectivity index (χ2n) is 6.52. The number of carbonyl (C=O) groups excluding carboxylic acids is 1. The Hall–Kier alpha value is -3.16. The molecule has 0 spiro atoms. The fraction of sp³-hybridized carbons (Fsp3) is 0.429. The maximum Gasteiger partial charge on any atom is 0.289 e. The van der Waals surface area contributed by atoms with E-state index in [4.69, 9.17) is 13.9 Å². The molecule has 0 atom stereocenters. The molecule has 8 heteroatoms. The summed E-state index contributed by atoms with van der Waals surface area (Å²) >= 11 is 0. The first-order chi connectivity index (χ1) is 14.2. The first kappa shape index (κ1) is 20.6. The predicted octanol–water partition coefficient (Wildman–Crippen LogP) is 2.09. The number of methoxy groups -OCH3 is 1. The van der Waals surface area contributed by atoms with Crippen molar-refractivity contribution in [2.75, 3.05) is 53.0 Å². The third-order valence-electron chi connectivity index (χ3n) is 4.60. The summed E-state index contributed by atoms with van der Waals surface area (Å²) in [6.45, 7) is 6.52. The lowest BCUT2D eigenvalue weighted by Gasteiger charge is -2.36. The normalized spacial score (nSPS) is 14.6. The van der Waals surface area contributed by atoms with Crippen LogP contribution in [0.5, 0.6) is 11.5 Å². The average Bonchev–Trinajstić information content (AvgIpc) is 3.30. The van der Waals surface area contributed by atoms with Gasteiger partial charge in [-0.05, 0) is 31.2 Å². The van der Waals surface area contributed by atoms with Crippen LogP contribution >= 0.6 is 0 Å². The maximum atomic E-state index is 12.4. The smallest absolute Gasteiger partial charge is 0.289 e. The zero-order valence-corrected chi connectivity index (χ0v) is 17.0. The average molecular weight is 400 g/mol. The van der Waals surface area contributed by atoms with Crippen molar-refractivity contribution < 1.29 is 18.7 Å². The van der Waals surface area contributed by atoms with Gasteiger partial charge in [-0.2, -0.15) is 0 Å². The van der Waals surface area contributed by atoms with E-state index in [-0.39, 0.29) is 5.91 Å². The highest BCUT2D eigenvalue weighted by Gasteiger charge is 2.25. The van der Waals surface area contributed by atoms with Gasteiger partial charge in [-0.15, -0.1) is 0 Å². The molecule has 0 radical (unpaired) electrons. The number of guanidine groups is 1. The number of amides is 1. The fourth-order valence-corrected chi connectivity index (χ4v) is 3.11. The molecule has 1 aromatic heterocycles. The summed E-state index contributed by atoms with van der Waals surface area (Å²) in [7, 11) is 1.63. The van der Waals surface area contributed by atoms with Crippen molar-refractivity contribution in [3.63, 3.8) is 0 Å². The number of hydrogen-bond donors (Lipinski definition) is 1. The Labute approximate surface area is 171 Å². The van der Waals surface area contributed by atoms with E-state index in [0.717, 1.165) is 37.1 Å². The number of rotatable bonds is 7. The second kappa shape index (κ2) is 10.4. The fourth-order valence-electron chi connectivity index (χ4n) is 3.11. The van der Waals surface area contributed by atoms with Gasteiger partial charge in [0.1, 0.15) is 18.1 Å². The van der Waals surface area contributed by atoms with Crippen LogP contribution in [0.25, 0.3) is 0 Å². The summed E-state index contributed by atoms with van der Waals surface area (Å²) in [4.78, 5) is 21.0. The lowest BCUT2D eigenvalue weighted by Crippen LogP contribution is -2.53. The van der Waals surface area contributed by atoms with Crippen molar-refractivity contribution >= 4 is 11.9 Å². The van der Waals surface area contributed by atoms with Crippen LogP contribution in [-0.4, -0.2) is 74.7 Å². The van der Waals surface area contributed by atoms with Crippen molar-refractivity contribution in [3.8, 4) is 11.5 Å². The molecule has 1 aliphatic heterocycles. The predicted molar refractivity (Wildman–Crippen MR) is 111 cm³/mol. The van der Waals surface area contributed by atoms with Crippen molar-refractivity contribution in [1.29, 1.82) is 0 Å². The minimum Gasteiger partial charge on any atom is -0.497 e. The molecule has 1 N–H and O–H groups in total. The topological polar surface area (TPSA) is 79.5 Å². The molecule has 1 amide bonds. The molecule has 1 aliphatic rings. The van der Waals surface area contributed by atoms with E-state index in [1.165, 1.54) is 6.26 Å². The number of piperazine rings is 1. The van der Waals surface area contributed by atoms with Crippen molar-refractivity contribution in [2.45, 2.75) is 6.92 Å². The highest BCUT2D eigenvalue weighted by Crippen LogP contribution is 2.18. The largest absolute Gasteiger partial charge is 0.497 e. The van der Waals surface area contributed by atoms with Gasteiger partial charge in [0.25, 0.3) is 5.91 Å². The molecule has 0 bridgehead atoms. The zero-order valence-electron chi connectivity index (χ0n) is 17.0. The van der Waals surface area contributed by atoms with Crippen LogP contribution in [0.4, 0.5) is 0 Å². The Morgan fingerprint density at radius 1 is 1.14 bits per heavy atom. The number of benzene rings is 1. The van der Waals surface area contributed by atoms with Crippen LogP contribution in [0, 0.1) is 0 Å². The second-order valence-corrected chi connectivity index (χ2v) is 6.52. The third-order valence-corrected chi connectivity index (χ3v) is 4.60. The van der Waals surface area contributed by atoms with E-state index in [9.17, 15) is 4.79 Å². The lowest BCUT2D eigenvalue weighted by molar-refractivity contribution is 0.0657. The molecule has 8 nitrogen and oxygen atoms in total. The lowest BCUT2D eigenvalue weighted by atomic mass is 10.3. The van der Waals surface area contributed by atoms with Gasteiger partial charge >= 0.3 is 0 Å². The van der Waals surface area contributed by atoms with E-state index in [1.54, 1.807) is 19.2 Å². The summed E-state index contributed by atoms with van der Waals surface area (Å²) in [5.74, 6) is 2.68. The number of hydrogen-bond acceptors (Lipinski definition) is 5. The van der Waals surface area contributed by atoms with Crippen LogP contribution in [0.15, 0.2) is 52.1 Å². The number of ether oxygens (including phenoxy) is 2. The van der Waals surface area contributed by atoms with Crippen molar-refractivity contribution in [1.82, 2.24) is 15.1 Å². The maximum absolute atomic E-state index is 12.4.